The van der Waals surface area contributed by atoms with Gasteiger partial charge in [-0.05, 0) is 43.5 Å². The third-order valence-corrected chi connectivity index (χ3v) is 5.13. The highest BCUT2D eigenvalue weighted by Crippen LogP contribution is 2.27. The zero-order chi connectivity index (χ0) is 13.5. The Kier molecular flexibility index (Phi) is 3.14. The van der Waals surface area contributed by atoms with Crippen molar-refractivity contribution >= 4 is 15.9 Å². The largest absolute Gasteiger partial charge is 0.274 e. The molecule has 1 aliphatic heterocycles. The van der Waals surface area contributed by atoms with Crippen molar-refractivity contribution in [3.05, 3.63) is 29.1 Å². The van der Waals surface area contributed by atoms with Gasteiger partial charge in [-0.3, -0.25) is 4.79 Å². The van der Waals surface area contributed by atoms with Crippen LogP contribution in [0, 0.1) is 19.7 Å². The molecule has 0 radical (unpaired) electrons. The maximum absolute atomic E-state index is 13.2. The zero-order valence-corrected chi connectivity index (χ0v) is 11.1. The summed E-state index contributed by atoms with van der Waals surface area (Å²) in [4.78, 5) is 11.6. The van der Waals surface area contributed by atoms with E-state index in [-0.39, 0.29) is 17.9 Å². The van der Waals surface area contributed by atoms with Crippen LogP contribution in [-0.4, -0.2) is 25.2 Å². The summed E-state index contributed by atoms with van der Waals surface area (Å²) in [7, 11) is -3.85. The van der Waals surface area contributed by atoms with Gasteiger partial charge in [-0.2, -0.15) is 0 Å². The molecule has 1 heterocycles. The predicted octanol–water partition coefficient (Wildman–Crippen LogP) is 1.75. The van der Waals surface area contributed by atoms with Crippen molar-refractivity contribution < 1.29 is 17.6 Å². The molecule has 1 saturated heterocycles. The number of benzene rings is 1. The summed E-state index contributed by atoms with van der Waals surface area (Å²) in [6.45, 7) is 3.27. The fourth-order valence-corrected chi connectivity index (χ4v) is 4.17. The van der Waals surface area contributed by atoms with E-state index in [0.717, 1.165) is 4.31 Å². The summed E-state index contributed by atoms with van der Waals surface area (Å²) in [5.74, 6) is -0.866. The molecule has 1 aromatic carbocycles. The first-order valence-electron chi connectivity index (χ1n) is 5.66. The Hall–Kier alpha value is -1.43. The average molecular weight is 271 g/mol. The average Bonchev–Trinajstić information content (AvgIpc) is 2.62. The molecule has 6 heteroatoms. The van der Waals surface area contributed by atoms with E-state index in [2.05, 4.69) is 0 Å². The highest BCUT2D eigenvalue weighted by molar-refractivity contribution is 7.89. The third kappa shape index (κ3) is 2.01. The van der Waals surface area contributed by atoms with Gasteiger partial charge in [0.15, 0.2) is 0 Å². The number of sulfonamides is 1. The van der Waals surface area contributed by atoms with Crippen LogP contribution in [0.5, 0.6) is 0 Å². The van der Waals surface area contributed by atoms with Gasteiger partial charge < -0.3 is 0 Å². The van der Waals surface area contributed by atoms with Gasteiger partial charge >= 0.3 is 0 Å². The van der Waals surface area contributed by atoms with Crippen molar-refractivity contribution in [3.63, 3.8) is 0 Å². The lowest BCUT2D eigenvalue weighted by Crippen LogP contribution is -2.32. The molecule has 0 bridgehead atoms. The molecular weight excluding hydrogens is 257 g/mol. The second-order valence-corrected chi connectivity index (χ2v) is 6.24. The van der Waals surface area contributed by atoms with Gasteiger partial charge in [0, 0.05) is 13.0 Å². The van der Waals surface area contributed by atoms with E-state index in [9.17, 15) is 17.6 Å². The van der Waals surface area contributed by atoms with E-state index in [1.54, 1.807) is 0 Å². The molecule has 4 nitrogen and oxygen atoms in total. The number of hydrogen-bond donors (Lipinski definition) is 0. The predicted molar refractivity (Wildman–Crippen MR) is 64.0 cm³/mol. The van der Waals surface area contributed by atoms with Gasteiger partial charge in [0.25, 0.3) is 10.0 Å². The van der Waals surface area contributed by atoms with Gasteiger partial charge in [-0.25, -0.2) is 17.1 Å². The Balaban J connectivity index is 2.58. The van der Waals surface area contributed by atoms with Crippen molar-refractivity contribution in [2.75, 3.05) is 6.54 Å². The van der Waals surface area contributed by atoms with E-state index in [4.69, 9.17) is 0 Å². The number of aryl methyl sites for hydroxylation is 2. The van der Waals surface area contributed by atoms with Crippen LogP contribution in [-0.2, 0) is 14.8 Å². The summed E-state index contributed by atoms with van der Waals surface area (Å²) in [5.41, 5.74) is 0.652. The number of amides is 1. The van der Waals surface area contributed by atoms with Gasteiger partial charge in [-0.15, -0.1) is 0 Å². The molecule has 0 spiro atoms. The number of carbonyl (C=O) groups is 1. The first-order chi connectivity index (χ1) is 8.34. The molecule has 1 aromatic rings. The van der Waals surface area contributed by atoms with Crippen molar-refractivity contribution in [3.8, 4) is 0 Å². The van der Waals surface area contributed by atoms with Crippen molar-refractivity contribution in [1.82, 2.24) is 4.31 Å². The molecule has 1 amide bonds. The molecular formula is C12H14FNO3S. The van der Waals surface area contributed by atoms with E-state index < -0.39 is 21.7 Å². The fraction of sp³-hybridized carbons (Fsp3) is 0.417. The standard InChI is InChI=1S/C12H14FNO3S/c1-8-6-10(13)7-9(2)12(8)18(16,17)14-5-3-4-11(14)15/h6-7H,3-5H2,1-2H3. The second-order valence-electron chi connectivity index (χ2n) is 4.44. The summed E-state index contributed by atoms with van der Waals surface area (Å²) >= 11 is 0. The summed E-state index contributed by atoms with van der Waals surface area (Å²) < 4.78 is 38.8. The monoisotopic (exact) mass is 271 g/mol. The Morgan fingerprint density at radius 1 is 1.22 bits per heavy atom. The minimum atomic E-state index is -3.85. The molecule has 0 aromatic heterocycles. The zero-order valence-electron chi connectivity index (χ0n) is 10.2. The summed E-state index contributed by atoms with van der Waals surface area (Å²) in [6.07, 6.45) is 0.788. The Morgan fingerprint density at radius 2 is 1.78 bits per heavy atom. The fourth-order valence-electron chi connectivity index (χ4n) is 2.29. The van der Waals surface area contributed by atoms with Crippen LogP contribution in [0.3, 0.4) is 0 Å². The minimum Gasteiger partial charge on any atom is -0.274 e. The van der Waals surface area contributed by atoms with E-state index in [0.29, 0.717) is 17.5 Å². The van der Waals surface area contributed by atoms with Crippen molar-refractivity contribution in [2.45, 2.75) is 31.6 Å². The van der Waals surface area contributed by atoms with Crippen LogP contribution < -0.4 is 0 Å². The maximum atomic E-state index is 13.2. The number of nitrogens with zero attached hydrogens (tertiary/aromatic N) is 1. The SMILES string of the molecule is Cc1cc(F)cc(C)c1S(=O)(=O)N1CCCC1=O. The minimum absolute atomic E-state index is 0.0409. The molecule has 98 valence electrons. The van der Waals surface area contributed by atoms with E-state index in [1.807, 2.05) is 0 Å². The molecule has 1 aliphatic rings. The quantitative estimate of drug-likeness (QED) is 0.823. The van der Waals surface area contributed by atoms with Crippen molar-refractivity contribution in [1.29, 1.82) is 0 Å². The lowest BCUT2D eigenvalue weighted by Gasteiger charge is -2.19. The maximum Gasteiger partial charge on any atom is 0.267 e. The van der Waals surface area contributed by atoms with Gasteiger partial charge in [0.2, 0.25) is 5.91 Å². The van der Waals surface area contributed by atoms with Gasteiger partial charge in [0.1, 0.15) is 5.82 Å². The number of halogens is 1. The summed E-state index contributed by atoms with van der Waals surface area (Å²) in [5, 5.41) is 0. The number of hydrogen-bond acceptors (Lipinski definition) is 3. The van der Waals surface area contributed by atoms with Gasteiger partial charge in [-0.1, -0.05) is 0 Å². The van der Waals surface area contributed by atoms with Gasteiger partial charge in [0.05, 0.1) is 4.90 Å². The van der Waals surface area contributed by atoms with Crippen LogP contribution in [0.2, 0.25) is 0 Å². The van der Waals surface area contributed by atoms with Crippen LogP contribution in [0.1, 0.15) is 24.0 Å². The van der Waals surface area contributed by atoms with E-state index >= 15 is 0 Å². The summed E-state index contributed by atoms with van der Waals surface area (Å²) in [6, 6.07) is 2.33. The molecule has 0 N–H and O–H groups in total. The first kappa shape index (κ1) is 13.0. The van der Waals surface area contributed by atoms with Crippen molar-refractivity contribution in [2.24, 2.45) is 0 Å². The Morgan fingerprint density at radius 3 is 2.22 bits per heavy atom. The van der Waals surface area contributed by atoms with Crippen LogP contribution in [0.25, 0.3) is 0 Å². The first-order valence-corrected chi connectivity index (χ1v) is 7.10. The van der Waals surface area contributed by atoms with Crippen LogP contribution in [0.15, 0.2) is 17.0 Å². The lowest BCUT2D eigenvalue weighted by atomic mass is 10.1. The molecule has 0 aliphatic carbocycles. The third-order valence-electron chi connectivity index (χ3n) is 3.00. The molecule has 1 fully saturated rings. The highest BCUT2D eigenvalue weighted by Gasteiger charge is 2.34. The molecule has 18 heavy (non-hydrogen) atoms. The second kappa shape index (κ2) is 4.35. The van der Waals surface area contributed by atoms with Crippen LogP contribution in [0.4, 0.5) is 4.39 Å². The van der Waals surface area contributed by atoms with E-state index in [1.165, 1.54) is 26.0 Å². The highest BCUT2D eigenvalue weighted by atomic mass is 32.2. The molecule has 0 atom stereocenters. The lowest BCUT2D eigenvalue weighted by molar-refractivity contribution is -0.123. The Labute approximate surface area is 105 Å². The number of carbonyl (C=O) groups excluding carboxylic acids is 1. The molecule has 0 unspecified atom stereocenters. The smallest absolute Gasteiger partial charge is 0.267 e. The molecule has 0 saturated carbocycles. The number of rotatable bonds is 2. The Bertz CT molecular complexity index is 587. The normalized spacial score (nSPS) is 16.4. The topological polar surface area (TPSA) is 54.5 Å². The molecule has 2 rings (SSSR count). The van der Waals surface area contributed by atoms with Crippen LogP contribution >= 0.6 is 0 Å².